The van der Waals surface area contributed by atoms with Crippen LogP contribution in [0.4, 0.5) is 0 Å². The molecule has 0 aromatic carbocycles. The molecule has 0 aromatic heterocycles. The molecule has 0 aromatic rings. The molecule has 64 valence electrons. The lowest BCUT2D eigenvalue weighted by Gasteiger charge is -2.03. The predicted molar refractivity (Wildman–Crippen MR) is 49.0 cm³/mol. The average Bonchev–Trinajstić information content (AvgIpc) is 1.87. The highest BCUT2D eigenvalue weighted by Crippen LogP contribution is 2.12. The Bertz CT molecular complexity index is 163. The maximum absolute atomic E-state index is 10.4. The van der Waals surface area contributed by atoms with Crippen molar-refractivity contribution in [1.82, 2.24) is 0 Å². The first-order valence-electron chi connectivity index (χ1n) is 3.61. The fraction of sp³-hybridized carbons (Fsp3) is 0.625. The molecular formula is C8H14O2S. The zero-order valence-corrected chi connectivity index (χ0v) is 7.94. The first kappa shape index (κ1) is 10.6. The molecule has 0 heterocycles. The monoisotopic (exact) mass is 174 g/mol. The van der Waals surface area contributed by atoms with Crippen LogP contribution in [0.1, 0.15) is 20.8 Å². The second-order valence-electron chi connectivity index (χ2n) is 2.32. The summed E-state index contributed by atoms with van der Waals surface area (Å²) in [5.41, 5.74) is 0.429. The number of carboxylic acid groups (broad SMARTS) is 1. The van der Waals surface area contributed by atoms with E-state index in [4.69, 9.17) is 5.11 Å². The first-order valence-corrected chi connectivity index (χ1v) is 4.66. The Hall–Kier alpha value is -0.440. The lowest BCUT2D eigenvalue weighted by molar-refractivity contribution is -0.132. The molecule has 2 nitrogen and oxygen atoms in total. The third kappa shape index (κ3) is 4.90. The molecule has 1 atom stereocenters. The van der Waals surface area contributed by atoms with E-state index >= 15 is 0 Å². The predicted octanol–water partition coefficient (Wildman–Crippen LogP) is 2.16. The first-order chi connectivity index (χ1) is 5.07. The van der Waals surface area contributed by atoms with Gasteiger partial charge in [0.05, 0.1) is 0 Å². The quantitative estimate of drug-likeness (QED) is 0.664. The second kappa shape index (κ2) is 5.24. The summed E-state index contributed by atoms with van der Waals surface area (Å²) >= 11 is 1.74. The molecule has 1 N–H and O–H groups in total. The van der Waals surface area contributed by atoms with Gasteiger partial charge in [0.25, 0.3) is 0 Å². The second-order valence-corrected chi connectivity index (χ2v) is 3.97. The fourth-order valence-corrected chi connectivity index (χ4v) is 1.56. The highest BCUT2D eigenvalue weighted by atomic mass is 32.2. The summed E-state index contributed by atoms with van der Waals surface area (Å²) in [6.07, 6.45) is 1.77. The van der Waals surface area contributed by atoms with E-state index in [9.17, 15) is 4.79 Å². The lowest BCUT2D eigenvalue weighted by Crippen LogP contribution is -2.00. The van der Waals surface area contributed by atoms with Crippen LogP contribution in [0.3, 0.4) is 0 Å². The minimum Gasteiger partial charge on any atom is -0.478 e. The van der Waals surface area contributed by atoms with E-state index in [1.165, 1.54) is 0 Å². The van der Waals surface area contributed by atoms with Gasteiger partial charge in [-0.15, -0.1) is 0 Å². The van der Waals surface area contributed by atoms with Gasteiger partial charge in [-0.25, -0.2) is 4.79 Å². The van der Waals surface area contributed by atoms with Crippen molar-refractivity contribution in [3.05, 3.63) is 11.6 Å². The Morgan fingerprint density at radius 2 is 2.27 bits per heavy atom. The normalized spacial score (nSPS) is 14.6. The van der Waals surface area contributed by atoms with Gasteiger partial charge < -0.3 is 5.11 Å². The van der Waals surface area contributed by atoms with Gasteiger partial charge in [0.2, 0.25) is 0 Å². The van der Waals surface area contributed by atoms with Crippen molar-refractivity contribution >= 4 is 17.7 Å². The topological polar surface area (TPSA) is 37.3 Å². The Labute approximate surface area is 71.7 Å². The molecule has 0 saturated heterocycles. The van der Waals surface area contributed by atoms with E-state index < -0.39 is 5.97 Å². The summed E-state index contributed by atoms with van der Waals surface area (Å²) in [5.74, 6) is 0.193. The maximum Gasteiger partial charge on any atom is 0.330 e. The van der Waals surface area contributed by atoms with Gasteiger partial charge in [0.15, 0.2) is 0 Å². The Kier molecular flexibility index (Phi) is 5.03. The van der Waals surface area contributed by atoms with Gasteiger partial charge in [-0.1, -0.05) is 13.0 Å². The number of carbonyl (C=O) groups is 1. The SMILES string of the molecule is CCSC(C)/C=C(\C)C(=O)O. The molecule has 0 aliphatic heterocycles. The number of carboxylic acids is 1. The van der Waals surface area contributed by atoms with Crippen LogP contribution in [0.5, 0.6) is 0 Å². The van der Waals surface area contributed by atoms with Gasteiger partial charge >= 0.3 is 5.97 Å². The van der Waals surface area contributed by atoms with Crippen LogP contribution in [0.15, 0.2) is 11.6 Å². The van der Waals surface area contributed by atoms with Crippen molar-refractivity contribution in [1.29, 1.82) is 0 Å². The zero-order valence-electron chi connectivity index (χ0n) is 7.13. The van der Waals surface area contributed by atoms with Crippen molar-refractivity contribution < 1.29 is 9.90 Å². The number of hydrogen-bond donors (Lipinski definition) is 1. The van der Waals surface area contributed by atoms with Crippen molar-refractivity contribution in [2.45, 2.75) is 26.0 Å². The lowest BCUT2D eigenvalue weighted by atomic mass is 10.2. The van der Waals surface area contributed by atoms with Crippen LogP contribution in [0, 0.1) is 0 Å². The van der Waals surface area contributed by atoms with Crippen molar-refractivity contribution in [3.63, 3.8) is 0 Å². The fourth-order valence-electron chi connectivity index (χ4n) is 0.734. The molecule has 0 spiro atoms. The number of thioether (sulfide) groups is 1. The van der Waals surface area contributed by atoms with Crippen LogP contribution in [0.25, 0.3) is 0 Å². The standard InChI is InChI=1S/C8H14O2S/c1-4-11-7(3)5-6(2)8(9)10/h5,7H,4H2,1-3H3,(H,9,10)/b6-5+. The van der Waals surface area contributed by atoms with Gasteiger partial charge in [0.1, 0.15) is 0 Å². The van der Waals surface area contributed by atoms with Crippen LogP contribution in [0.2, 0.25) is 0 Å². The summed E-state index contributed by atoms with van der Waals surface area (Å²) in [4.78, 5) is 10.4. The van der Waals surface area contributed by atoms with Gasteiger partial charge in [-0.3, -0.25) is 0 Å². The Morgan fingerprint density at radius 1 is 1.73 bits per heavy atom. The van der Waals surface area contributed by atoms with Crippen LogP contribution >= 0.6 is 11.8 Å². The molecular weight excluding hydrogens is 160 g/mol. The molecule has 1 unspecified atom stereocenters. The van der Waals surface area contributed by atoms with E-state index in [0.717, 1.165) is 5.75 Å². The van der Waals surface area contributed by atoms with E-state index in [1.807, 2.05) is 6.92 Å². The van der Waals surface area contributed by atoms with Crippen LogP contribution in [-0.4, -0.2) is 22.1 Å². The van der Waals surface area contributed by atoms with E-state index in [1.54, 1.807) is 24.8 Å². The van der Waals surface area contributed by atoms with Gasteiger partial charge in [-0.2, -0.15) is 11.8 Å². The van der Waals surface area contributed by atoms with E-state index in [-0.39, 0.29) is 0 Å². The van der Waals surface area contributed by atoms with Gasteiger partial charge in [-0.05, 0) is 19.6 Å². The third-order valence-corrected chi connectivity index (χ3v) is 2.25. The summed E-state index contributed by atoms with van der Waals surface area (Å²) in [5, 5.41) is 8.82. The third-order valence-electron chi connectivity index (χ3n) is 1.25. The molecule has 3 heteroatoms. The number of aliphatic carboxylic acids is 1. The molecule has 0 fully saturated rings. The minimum atomic E-state index is -0.825. The molecule has 0 aliphatic carbocycles. The molecule has 0 rings (SSSR count). The number of hydrogen-bond acceptors (Lipinski definition) is 2. The molecule has 0 saturated carbocycles. The van der Waals surface area contributed by atoms with Gasteiger partial charge in [0, 0.05) is 10.8 Å². The van der Waals surface area contributed by atoms with Crippen LogP contribution in [-0.2, 0) is 4.79 Å². The summed E-state index contributed by atoms with van der Waals surface area (Å²) in [6, 6.07) is 0. The Balaban J connectivity index is 3.96. The van der Waals surface area contributed by atoms with E-state index in [0.29, 0.717) is 10.8 Å². The summed E-state index contributed by atoms with van der Waals surface area (Å²) in [6.45, 7) is 5.68. The molecule has 0 radical (unpaired) electrons. The maximum atomic E-state index is 10.4. The molecule has 0 bridgehead atoms. The summed E-state index contributed by atoms with van der Waals surface area (Å²) < 4.78 is 0. The number of rotatable bonds is 4. The van der Waals surface area contributed by atoms with Crippen molar-refractivity contribution in [2.75, 3.05) is 5.75 Å². The molecule has 0 amide bonds. The minimum absolute atomic E-state index is 0.302. The molecule has 11 heavy (non-hydrogen) atoms. The van der Waals surface area contributed by atoms with Crippen molar-refractivity contribution in [3.8, 4) is 0 Å². The van der Waals surface area contributed by atoms with Crippen LogP contribution < -0.4 is 0 Å². The summed E-state index contributed by atoms with van der Waals surface area (Å²) in [7, 11) is 0. The highest BCUT2D eigenvalue weighted by molar-refractivity contribution is 8.00. The van der Waals surface area contributed by atoms with E-state index in [2.05, 4.69) is 6.92 Å². The average molecular weight is 174 g/mol. The Morgan fingerprint density at radius 3 is 2.64 bits per heavy atom. The van der Waals surface area contributed by atoms with Crippen molar-refractivity contribution in [2.24, 2.45) is 0 Å². The largest absolute Gasteiger partial charge is 0.478 e. The zero-order chi connectivity index (χ0) is 8.85. The highest BCUT2D eigenvalue weighted by Gasteiger charge is 2.02. The molecule has 0 aliphatic rings. The smallest absolute Gasteiger partial charge is 0.330 e.